The molecule has 2 atom stereocenters. The second-order valence-corrected chi connectivity index (χ2v) is 9.61. The normalized spacial score (nSPS) is 12.8. The average molecular weight is 499 g/mol. The summed E-state index contributed by atoms with van der Waals surface area (Å²) in [7, 11) is 0. The van der Waals surface area contributed by atoms with E-state index in [-0.39, 0.29) is 22.8 Å². The molecular formula is C24H23FN4O3S2. The lowest BCUT2D eigenvalue weighted by Crippen LogP contribution is -2.22. The van der Waals surface area contributed by atoms with E-state index in [4.69, 9.17) is 9.15 Å². The van der Waals surface area contributed by atoms with Crippen LogP contribution in [0.15, 0.2) is 63.6 Å². The summed E-state index contributed by atoms with van der Waals surface area (Å²) in [5.74, 6) is 0.183. The van der Waals surface area contributed by atoms with Gasteiger partial charge in [0.25, 0.3) is 11.1 Å². The van der Waals surface area contributed by atoms with Crippen molar-refractivity contribution in [3.05, 3.63) is 71.2 Å². The summed E-state index contributed by atoms with van der Waals surface area (Å²) < 4.78 is 24.4. The Hall–Kier alpha value is -3.24. The van der Waals surface area contributed by atoms with Crippen molar-refractivity contribution < 1.29 is 18.3 Å². The maximum absolute atomic E-state index is 13.0. The van der Waals surface area contributed by atoms with Gasteiger partial charge in [0.2, 0.25) is 5.91 Å². The van der Waals surface area contributed by atoms with Gasteiger partial charge >= 0.3 is 0 Å². The van der Waals surface area contributed by atoms with Crippen molar-refractivity contribution in [3.63, 3.8) is 0 Å². The lowest BCUT2D eigenvalue weighted by molar-refractivity contribution is -0.115. The van der Waals surface area contributed by atoms with Gasteiger partial charge in [-0.25, -0.2) is 9.37 Å². The summed E-state index contributed by atoms with van der Waals surface area (Å²) in [5.41, 5.74) is 3.09. The fourth-order valence-corrected chi connectivity index (χ4v) is 4.40. The van der Waals surface area contributed by atoms with Crippen LogP contribution in [0.3, 0.4) is 0 Å². The number of benzene rings is 2. The van der Waals surface area contributed by atoms with Crippen molar-refractivity contribution in [2.45, 2.75) is 43.8 Å². The maximum Gasteiger partial charge on any atom is 0.277 e. The molecule has 176 valence electrons. The van der Waals surface area contributed by atoms with E-state index in [1.807, 2.05) is 17.5 Å². The molecule has 0 aliphatic heterocycles. The van der Waals surface area contributed by atoms with Crippen molar-refractivity contribution in [1.29, 1.82) is 0 Å². The van der Waals surface area contributed by atoms with Crippen LogP contribution in [-0.4, -0.2) is 26.3 Å². The highest BCUT2D eigenvalue weighted by molar-refractivity contribution is 8.00. The first-order valence-electron chi connectivity index (χ1n) is 10.7. The molecule has 2 aromatic heterocycles. The SMILES string of the molecule is CCc1ccc(-c2csc(NC(=O)[C@H](C)Sc3nnc([C@@H](C)Oc4ccc(F)cc4)o3)n2)cc1. The van der Waals surface area contributed by atoms with Crippen LogP contribution in [0.5, 0.6) is 5.75 Å². The molecule has 1 N–H and O–H groups in total. The first kappa shape index (κ1) is 23.9. The highest BCUT2D eigenvalue weighted by Gasteiger charge is 2.22. The van der Waals surface area contributed by atoms with Crippen molar-refractivity contribution in [2.24, 2.45) is 0 Å². The topological polar surface area (TPSA) is 90.1 Å². The van der Waals surface area contributed by atoms with Gasteiger partial charge in [-0.15, -0.1) is 21.5 Å². The molecule has 0 fully saturated rings. The molecule has 34 heavy (non-hydrogen) atoms. The summed E-state index contributed by atoms with van der Waals surface area (Å²) in [6, 6.07) is 13.9. The van der Waals surface area contributed by atoms with Crippen LogP contribution in [-0.2, 0) is 11.2 Å². The van der Waals surface area contributed by atoms with E-state index in [1.54, 1.807) is 13.8 Å². The third kappa shape index (κ3) is 6.00. The highest BCUT2D eigenvalue weighted by atomic mass is 32.2. The fourth-order valence-electron chi connectivity index (χ4n) is 2.99. The number of rotatable bonds is 9. The predicted molar refractivity (Wildman–Crippen MR) is 131 cm³/mol. The Bertz CT molecular complexity index is 1240. The number of carbonyl (C=O) groups is 1. The smallest absolute Gasteiger partial charge is 0.277 e. The van der Waals surface area contributed by atoms with Gasteiger partial charge in [0, 0.05) is 10.9 Å². The maximum atomic E-state index is 13.0. The quantitative estimate of drug-likeness (QED) is 0.277. The van der Waals surface area contributed by atoms with Crippen LogP contribution < -0.4 is 10.1 Å². The standard InChI is InChI=1S/C24H23FN4O3S2/c1-4-16-5-7-17(8-6-16)20-13-33-23(26-20)27-21(30)15(3)34-24-29-28-22(32-24)14(2)31-19-11-9-18(25)10-12-19/h5-15H,4H2,1-3H3,(H,26,27,30)/t14-,15+/m1/s1. The average Bonchev–Trinajstić information content (AvgIpc) is 3.50. The van der Waals surface area contributed by atoms with Crippen molar-refractivity contribution in [2.75, 3.05) is 5.32 Å². The molecule has 2 aromatic carbocycles. The second kappa shape index (κ2) is 10.8. The number of thioether (sulfide) groups is 1. The van der Waals surface area contributed by atoms with E-state index in [2.05, 4.69) is 39.6 Å². The molecule has 0 aliphatic rings. The van der Waals surface area contributed by atoms with Crippen LogP contribution in [0.4, 0.5) is 9.52 Å². The third-order valence-corrected chi connectivity index (χ3v) is 6.63. The van der Waals surface area contributed by atoms with E-state index >= 15 is 0 Å². The molecule has 0 radical (unpaired) electrons. The summed E-state index contributed by atoms with van der Waals surface area (Å²) in [6.07, 6.45) is 0.451. The van der Waals surface area contributed by atoms with Crippen LogP contribution >= 0.6 is 23.1 Å². The number of anilines is 1. The molecule has 7 nitrogen and oxygen atoms in total. The van der Waals surface area contributed by atoms with Gasteiger partial charge in [0.1, 0.15) is 11.6 Å². The number of thiazole rings is 1. The zero-order chi connectivity index (χ0) is 24.1. The van der Waals surface area contributed by atoms with Crippen LogP contribution in [0.2, 0.25) is 0 Å². The van der Waals surface area contributed by atoms with Crippen molar-refractivity contribution >= 4 is 34.1 Å². The van der Waals surface area contributed by atoms with Gasteiger partial charge in [-0.3, -0.25) is 4.79 Å². The molecule has 10 heteroatoms. The number of hydrogen-bond donors (Lipinski definition) is 1. The molecule has 1 amide bonds. The van der Waals surface area contributed by atoms with Gasteiger partial charge in [-0.1, -0.05) is 43.0 Å². The zero-order valence-electron chi connectivity index (χ0n) is 18.8. The molecule has 0 aliphatic carbocycles. The molecule has 2 heterocycles. The Morgan fingerprint density at radius 2 is 1.88 bits per heavy atom. The number of amides is 1. The molecule has 0 saturated heterocycles. The van der Waals surface area contributed by atoms with Gasteiger partial charge in [0.15, 0.2) is 11.2 Å². The first-order chi connectivity index (χ1) is 16.4. The Labute approximate surface area is 204 Å². The van der Waals surface area contributed by atoms with Gasteiger partial charge in [-0.05, 0) is 50.1 Å². The molecule has 0 spiro atoms. The van der Waals surface area contributed by atoms with Gasteiger partial charge in [-0.2, -0.15) is 0 Å². The lowest BCUT2D eigenvalue weighted by atomic mass is 10.1. The number of hydrogen-bond acceptors (Lipinski definition) is 8. The summed E-state index contributed by atoms with van der Waals surface area (Å²) in [4.78, 5) is 17.2. The van der Waals surface area contributed by atoms with Gasteiger partial charge < -0.3 is 14.5 Å². The molecule has 4 aromatic rings. The molecular weight excluding hydrogens is 475 g/mol. The Kier molecular flexibility index (Phi) is 7.59. The van der Waals surface area contributed by atoms with E-state index in [9.17, 15) is 9.18 Å². The minimum atomic E-state index is -0.531. The number of halogens is 1. The fraction of sp³-hybridized carbons (Fsp3) is 0.250. The van der Waals surface area contributed by atoms with E-state index < -0.39 is 11.4 Å². The highest BCUT2D eigenvalue weighted by Crippen LogP contribution is 2.29. The minimum absolute atomic E-state index is 0.220. The van der Waals surface area contributed by atoms with E-state index in [0.29, 0.717) is 10.9 Å². The van der Waals surface area contributed by atoms with Crippen molar-refractivity contribution in [1.82, 2.24) is 15.2 Å². The summed E-state index contributed by atoms with van der Waals surface area (Å²) in [6.45, 7) is 5.61. The Morgan fingerprint density at radius 3 is 2.59 bits per heavy atom. The minimum Gasteiger partial charge on any atom is -0.481 e. The second-order valence-electron chi connectivity index (χ2n) is 7.46. The Balaban J connectivity index is 1.32. The number of nitrogens with zero attached hydrogens (tertiary/aromatic N) is 3. The van der Waals surface area contributed by atoms with Crippen LogP contribution in [0, 0.1) is 5.82 Å². The molecule has 4 rings (SSSR count). The third-order valence-electron chi connectivity index (χ3n) is 4.94. The van der Waals surface area contributed by atoms with E-state index in [0.717, 1.165) is 29.4 Å². The number of ether oxygens (including phenoxy) is 1. The summed E-state index contributed by atoms with van der Waals surface area (Å²) >= 11 is 2.52. The predicted octanol–water partition coefficient (Wildman–Crippen LogP) is 6.15. The molecule has 0 saturated carbocycles. The number of aryl methyl sites for hydroxylation is 1. The lowest BCUT2D eigenvalue weighted by Gasteiger charge is -2.10. The molecule has 0 bridgehead atoms. The summed E-state index contributed by atoms with van der Waals surface area (Å²) in [5, 5.41) is 13.0. The van der Waals surface area contributed by atoms with E-state index in [1.165, 1.54) is 41.2 Å². The first-order valence-corrected chi connectivity index (χ1v) is 12.4. The van der Waals surface area contributed by atoms with Crippen molar-refractivity contribution in [3.8, 4) is 17.0 Å². The number of carbonyl (C=O) groups excluding carboxylic acids is 1. The zero-order valence-corrected chi connectivity index (χ0v) is 20.5. The van der Waals surface area contributed by atoms with Crippen LogP contribution in [0.25, 0.3) is 11.3 Å². The monoisotopic (exact) mass is 498 g/mol. The van der Waals surface area contributed by atoms with Gasteiger partial charge in [0.05, 0.1) is 10.9 Å². The number of nitrogens with one attached hydrogen (secondary N) is 1. The molecule has 0 unspecified atom stereocenters. The number of aromatic nitrogens is 3. The largest absolute Gasteiger partial charge is 0.481 e. The Morgan fingerprint density at radius 1 is 1.15 bits per heavy atom. The van der Waals surface area contributed by atoms with Crippen LogP contribution in [0.1, 0.15) is 38.3 Å².